The Morgan fingerprint density at radius 3 is 2.44 bits per heavy atom. The zero-order valence-corrected chi connectivity index (χ0v) is 6.36. The first-order valence-corrected chi connectivity index (χ1v) is 3.35. The topological polar surface area (TPSA) is 21.3 Å². The summed E-state index contributed by atoms with van der Waals surface area (Å²) in [5.41, 5.74) is 0. The fourth-order valence-corrected chi connectivity index (χ4v) is 0.731. The van der Waals surface area contributed by atoms with Crippen molar-refractivity contribution in [3.8, 4) is 5.75 Å². The van der Waals surface area contributed by atoms with E-state index in [-0.39, 0.29) is 0 Å². The van der Waals surface area contributed by atoms with Gasteiger partial charge in [0.25, 0.3) is 0 Å². The maximum atomic E-state index is 4.96. The predicted molar refractivity (Wildman–Crippen MR) is 30.2 cm³/mol. The van der Waals surface area contributed by atoms with Crippen LogP contribution in [0.2, 0.25) is 0 Å². The molecule has 0 aliphatic rings. The Morgan fingerprint density at radius 1 is 1.22 bits per heavy atom. The molecule has 0 fully saturated rings. The van der Waals surface area contributed by atoms with Gasteiger partial charge < -0.3 is 0 Å². The summed E-state index contributed by atoms with van der Waals surface area (Å²) in [5, 5.41) is 0. The van der Waals surface area contributed by atoms with Gasteiger partial charge in [0, 0.05) is 0 Å². The van der Waals surface area contributed by atoms with E-state index in [1.54, 1.807) is 20.7 Å². The second-order valence-corrected chi connectivity index (χ2v) is 1.84. The molecule has 0 spiro atoms. The molecule has 0 amide bonds. The van der Waals surface area contributed by atoms with Crippen molar-refractivity contribution in [2.45, 2.75) is 0 Å². The molecule has 0 saturated carbocycles. The van der Waals surface area contributed by atoms with E-state index in [0.29, 0.717) is 0 Å². The monoisotopic (exact) mass is 156 g/mol. The van der Waals surface area contributed by atoms with E-state index in [4.69, 9.17) is 4.84 Å². The van der Waals surface area contributed by atoms with Gasteiger partial charge in [-0.2, -0.15) is 0 Å². The fourth-order valence-electron chi connectivity index (χ4n) is 0.547. The van der Waals surface area contributed by atoms with Crippen molar-refractivity contribution in [1.82, 2.24) is 3.96 Å². The standard InChI is InChI=1S/C6H6NO.Ti/c7-8-6-4-2-1-3-5-6;/h1-5,7H;/q-1;+1. The van der Waals surface area contributed by atoms with Crippen molar-refractivity contribution in [1.29, 1.82) is 0 Å². The molecule has 3 heteroatoms. The quantitative estimate of drug-likeness (QED) is 0.510. The first-order chi connectivity index (χ1) is 4.43. The van der Waals surface area contributed by atoms with E-state index in [1.807, 2.05) is 30.3 Å². The number of para-hydroxylation sites is 1. The molecule has 1 rings (SSSR count). The SMILES string of the molecule is [Ti][NH]Oc1ccccc1. The molecule has 0 aromatic heterocycles. The van der Waals surface area contributed by atoms with Crippen LogP contribution in [-0.2, 0) is 20.7 Å². The van der Waals surface area contributed by atoms with E-state index >= 15 is 0 Å². The van der Waals surface area contributed by atoms with Gasteiger partial charge in [0.2, 0.25) is 0 Å². The Hall–Kier alpha value is -0.306. The minimum atomic E-state index is 0.833. The van der Waals surface area contributed by atoms with E-state index < -0.39 is 0 Å². The van der Waals surface area contributed by atoms with Gasteiger partial charge in [-0.25, -0.2) is 0 Å². The Balaban J connectivity index is 2.61. The van der Waals surface area contributed by atoms with Crippen molar-refractivity contribution in [2.75, 3.05) is 0 Å². The van der Waals surface area contributed by atoms with Crippen LogP contribution in [0.1, 0.15) is 0 Å². The summed E-state index contributed by atoms with van der Waals surface area (Å²) >= 11 is 1.73. The van der Waals surface area contributed by atoms with Gasteiger partial charge in [0.05, 0.1) is 0 Å². The van der Waals surface area contributed by atoms with Gasteiger partial charge in [-0.05, 0) is 0 Å². The van der Waals surface area contributed by atoms with Crippen molar-refractivity contribution in [2.24, 2.45) is 0 Å². The summed E-state index contributed by atoms with van der Waals surface area (Å²) in [7, 11) is 0. The van der Waals surface area contributed by atoms with Gasteiger partial charge in [-0.15, -0.1) is 0 Å². The van der Waals surface area contributed by atoms with Crippen LogP contribution in [0.5, 0.6) is 5.75 Å². The molecular weight excluding hydrogens is 150 g/mol. The molecule has 2 nitrogen and oxygen atoms in total. The first-order valence-electron chi connectivity index (χ1n) is 2.57. The summed E-state index contributed by atoms with van der Waals surface area (Å²) in [6, 6.07) is 9.56. The molecule has 0 unspecified atom stereocenters. The van der Waals surface area contributed by atoms with Crippen LogP contribution in [-0.4, -0.2) is 0 Å². The summed E-state index contributed by atoms with van der Waals surface area (Å²) in [4.78, 5) is 4.96. The normalized spacial score (nSPS) is 8.78. The van der Waals surface area contributed by atoms with Crippen LogP contribution < -0.4 is 8.80 Å². The van der Waals surface area contributed by atoms with Gasteiger partial charge in [0.1, 0.15) is 0 Å². The second-order valence-electron chi connectivity index (χ2n) is 1.52. The molecule has 0 aliphatic carbocycles. The van der Waals surface area contributed by atoms with Crippen LogP contribution in [0, 0.1) is 0 Å². The number of nitrogens with one attached hydrogen (secondary N) is 1. The van der Waals surface area contributed by atoms with Crippen LogP contribution >= 0.6 is 0 Å². The van der Waals surface area contributed by atoms with Gasteiger partial charge >= 0.3 is 65.6 Å². The summed E-state index contributed by atoms with van der Waals surface area (Å²) in [6.45, 7) is 0. The molecule has 0 heterocycles. The molecule has 45 valence electrons. The van der Waals surface area contributed by atoms with E-state index in [9.17, 15) is 0 Å². The maximum absolute atomic E-state index is 4.96. The van der Waals surface area contributed by atoms with E-state index in [0.717, 1.165) is 5.75 Å². The minimum absolute atomic E-state index is 0.833. The number of hydrogen-bond acceptors (Lipinski definition) is 2. The number of benzene rings is 1. The summed E-state index contributed by atoms with van der Waals surface area (Å²) in [5.74, 6) is 0.833. The fraction of sp³-hybridized carbons (Fsp3) is 0. The average Bonchev–Trinajstić information content (AvgIpc) is 1.91. The van der Waals surface area contributed by atoms with Crippen molar-refractivity contribution in [3.63, 3.8) is 0 Å². The predicted octanol–water partition coefficient (Wildman–Crippen LogP) is 1.03. The molecule has 0 saturated heterocycles. The van der Waals surface area contributed by atoms with Crippen LogP contribution in [0.25, 0.3) is 0 Å². The van der Waals surface area contributed by atoms with Crippen molar-refractivity contribution < 1.29 is 25.5 Å². The average molecular weight is 156 g/mol. The van der Waals surface area contributed by atoms with Gasteiger partial charge in [0.15, 0.2) is 0 Å². The van der Waals surface area contributed by atoms with Crippen LogP contribution in [0.4, 0.5) is 0 Å². The summed E-state index contributed by atoms with van der Waals surface area (Å²) in [6.07, 6.45) is 0. The van der Waals surface area contributed by atoms with Gasteiger partial charge in [-0.1, -0.05) is 0 Å². The molecule has 0 aliphatic heterocycles. The van der Waals surface area contributed by atoms with E-state index in [2.05, 4.69) is 3.96 Å². The number of hydrogen-bond donors (Lipinski definition) is 1. The zero-order valence-electron chi connectivity index (χ0n) is 4.79. The zero-order chi connectivity index (χ0) is 6.53. The third kappa shape index (κ3) is 2.18. The molecule has 1 N–H and O–H groups in total. The Kier molecular flexibility index (Phi) is 2.78. The number of rotatable bonds is 2. The molecule has 9 heavy (non-hydrogen) atoms. The Bertz CT molecular complexity index is 166. The third-order valence-corrected chi connectivity index (χ3v) is 1.07. The van der Waals surface area contributed by atoms with Crippen molar-refractivity contribution in [3.05, 3.63) is 30.3 Å². The second kappa shape index (κ2) is 3.67. The van der Waals surface area contributed by atoms with Gasteiger partial charge in [-0.3, -0.25) is 0 Å². The third-order valence-electron chi connectivity index (χ3n) is 0.912. The van der Waals surface area contributed by atoms with Crippen molar-refractivity contribution >= 4 is 0 Å². The molecule has 0 bridgehead atoms. The molecule has 0 atom stereocenters. The first kappa shape index (κ1) is 6.81. The Morgan fingerprint density at radius 2 is 1.89 bits per heavy atom. The molecular formula is C6H6NOTi. The molecule has 1 aromatic rings. The van der Waals surface area contributed by atoms with Crippen LogP contribution in [0.15, 0.2) is 30.3 Å². The van der Waals surface area contributed by atoms with E-state index in [1.165, 1.54) is 0 Å². The molecule has 1 aromatic carbocycles. The Labute approximate surface area is 65.9 Å². The summed E-state index contributed by atoms with van der Waals surface area (Å²) < 4.78 is 2.58. The van der Waals surface area contributed by atoms with Crippen LogP contribution in [0.3, 0.4) is 0 Å². The molecule has 0 radical (unpaired) electrons.